The van der Waals surface area contributed by atoms with Gasteiger partial charge in [0.2, 0.25) is 0 Å². The first-order chi connectivity index (χ1) is 14.2. The highest BCUT2D eigenvalue weighted by Gasteiger charge is 2.32. The molecule has 156 valence electrons. The third kappa shape index (κ3) is 5.05. The van der Waals surface area contributed by atoms with Crippen LogP contribution in [0.3, 0.4) is 0 Å². The molecule has 1 aliphatic rings. The lowest BCUT2D eigenvalue weighted by molar-refractivity contribution is -0.138. The molecular formula is C20H18ClN3O5S. The first-order valence-electron chi connectivity index (χ1n) is 8.86. The van der Waals surface area contributed by atoms with Gasteiger partial charge in [-0.05, 0) is 34.7 Å². The lowest BCUT2D eigenvalue weighted by Gasteiger charge is -2.25. The van der Waals surface area contributed by atoms with E-state index in [0.717, 1.165) is 11.1 Å². The van der Waals surface area contributed by atoms with Gasteiger partial charge in [0.15, 0.2) is 11.8 Å². The van der Waals surface area contributed by atoms with E-state index in [2.05, 4.69) is 10.6 Å². The number of likely N-dealkylation sites (N-methyl/N-ethyl adjacent to an activating group) is 1. The summed E-state index contributed by atoms with van der Waals surface area (Å²) in [6, 6.07) is 5.97. The number of aliphatic carboxylic acids is 1. The molecule has 0 radical (unpaired) electrons. The Morgan fingerprint density at radius 3 is 2.73 bits per heavy atom. The van der Waals surface area contributed by atoms with Gasteiger partial charge >= 0.3 is 12.0 Å². The van der Waals surface area contributed by atoms with Gasteiger partial charge in [-0.25, -0.2) is 4.79 Å². The number of urea groups is 1. The van der Waals surface area contributed by atoms with Gasteiger partial charge < -0.3 is 20.6 Å². The highest BCUT2D eigenvalue weighted by atomic mass is 35.5. The molecule has 0 aliphatic carbocycles. The Morgan fingerprint density at radius 2 is 2.03 bits per heavy atom. The molecule has 1 aromatic carbocycles. The summed E-state index contributed by atoms with van der Waals surface area (Å²) >= 11 is 7.31. The number of nitrogens with one attached hydrogen (secondary N) is 2. The zero-order valence-corrected chi connectivity index (χ0v) is 17.4. The van der Waals surface area contributed by atoms with Crippen LogP contribution >= 0.6 is 22.9 Å². The number of carboxylic acid groups (broad SMARTS) is 1. The number of nitrogens with zero attached hydrogens (tertiary/aromatic N) is 1. The predicted molar refractivity (Wildman–Crippen MR) is 112 cm³/mol. The van der Waals surface area contributed by atoms with Gasteiger partial charge in [0, 0.05) is 29.2 Å². The maximum Gasteiger partial charge on any atom is 0.316 e. The topological polar surface area (TPSA) is 116 Å². The van der Waals surface area contributed by atoms with Gasteiger partial charge in [-0.15, -0.1) is 11.3 Å². The first-order valence-corrected chi connectivity index (χ1v) is 10.1. The molecule has 2 aromatic rings. The fourth-order valence-corrected chi connectivity index (χ4v) is 4.06. The van der Waals surface area contributed by atoms with Crippen LogP contribution in [0.2, 0.25) is 5.02 Å². The van der Waals surface area contributed by atoms with E-state index in [1.807, 2.05) is 11.4 Å². The number of carbonyl (C=O) groups is 4. The second-order valence-corrected chi connectivity index (χ2v) is 8.00. The van der Waals surface area contributed by atoms with E-state index in [1.54, 1.807) is 24.3 Å². The molecule has 3 rings (SSSR count). The summed E-state index contributed by atoms with van der Waals surface area (Å²) in [7, 11) is 1.47. The average Bonchev–Trinajstić information content (AvgIpc) is 3.18. The molecule has 0 spiro atoms. The van der Waals surface area contributed by atoms with Crippen molar-refractivity contribution >= 4 is 46.6 Å². The van der Waals surface area contributed by atoms with E-state index in [4.69, 9.17) is 11.6 Å². The summed E-state index contributed by atoms with van der Waals surface area (Å²) in [4.78, 5) is 49.6. The third-order valence-corrected chi connectivity index (χ3v) is 5.70. The standard InChI is InChI=1S/C20H18ClN3O5S/c1-24-6-5-15(25)18(19(24)28)23-20(29)22-14(9-17(26)27)16-8-12(10-30-16)11-3-2-4-13(21)7-11/h2-8,10,14,18H,9H2,1H3,(H,26,27)(H2,22,23,29)/t14-,18?/m0/s1. The van der Waals surface area contributed by atoms with Crippen LogP contribution in [0, 0.1) is 0 Å². The molecule has 3 amide bonds. The van der Waals surface area contributed by atoms with Crippen molar-refractivity contribution in [1.29, 1.82) is 0 Å². The van der Waals surface area contributed by atoms with E-state index in [9.17, 15) is 24.3 Å². The molecular weight excluding hydrogens is 430 g/mol. The first kappa shape index (κ1) is 21.5. The normalized spacial score (nSPS) is 17.0. The molecule has 10 heteroatoms. The minimum Gasteiger partial charge on any atom is -0.481 e. The number of carboxylic acids is 1. The van der Waals surface area contributed by atoms with Gasteiger partial charge in [0.1, 0.15) is 0 Å². The number of ketones is 1. The second kappa shape index (κ2) is 9.10. The van der Waals surface area contributed by atoms with Crippen LogP contribution < -0.4 is 10.6 Å². The van der Waals surface area contributed by atoms with Crippen molar-refractivity contribution in [3.63, 3.8) is 0 Å². The van der Waals surface area contributed by atoms with Gasteiger partial charge in [0.25, 0.3) is 5.91 Å². The van der Waals surface area contributed by atoms with Gasteiger partial charge in [-0.2, -0.15) is 0 Å². The number of thiophene rings is 1. The van der Waals surface area contributed by atoms with Crippen molar-refractivity contribution in [3.05, 3.63) is 57.9 Å². The summed E-state index contributed by atoms with van der Waals surface area (Å²) in [6.07, 6.45) is 2.14. The molecule has 8 nitrogen and oxygen atoms in total. The van der Waals surface area contributed by atoms with Crippen molar-refractivity contribution < 1.29 is 24.3 Å². The van der Waals surface area contributed by atoms with Gasteiger partial charge in [-0.3, -0.25) is 14.4 Å². The van der Waals surface area contributed by atoms with E-state index in [-0.39, 0.29) is 6.42 Å². The Morgan fingerprint density at radius 1 is 1.27 bits per heavy atom. The van der Waals surface area contributed by atoms with Crippen LogP contribution in [0.25, 0.3) is 11.1 Å². The van der Waals surface area contributed by atoms with Crippen LogP contribution in [0.1, 0.15) is 17.3 Å². The van der Waals surface area contributed by atoms with E-state index < -0.39 is 35.8 Å². The molecule has 0 fully saturated rings. The molecule has 1 aromatic heterocycles. The summed E-state index contributed by atoms with van der Waals surface area (Å²) in [6.45, 7) is 0. The molecule has 0 bridgehead atoms. The van der Waals surface area contributed by atoms with Crippen LogP contribution in [0.5, 0.6) is 0 Å². The van der Waals surface area contributed by atoms with Crippen LogP contribution in [0.4, 0.5) is 4.79 Å². The number of amides is 3. The SMILES string of the molecule is CN1C=CC(=O)C(NC(=O)N[C@@H](CC(=O)O)c2cc(-c3cccc(Cl)c3)cs2)C1=O. The Bertz CT molecular complexity index is 1030. The van der Waals surface area contributed by atoms with Crippen molar-refractivity contribution in [2.24, 2.45) is 0 Å². The monoisotopic (exact) mass is 447 g/mol. The molecule has 0 saturated heterocycles. The lowest BCUT2D eigenvalue weighted by atomic mass is 10.1. The van der Waals surface area contributed by atoms with Crippen LogP contribution in [0.15, 0.2) is 48.0 Å². The van der Waals surface area contributed by atoms with Crippen molar-refractivity contribution in [1.82, 2.24) is 15.5 Å². The maximum absolute atomic E-state index is 12.4. The summed E-state index contributed by atoms with van der Waals surface area (Å²) in [5, 5.41) is 16.5. The minimum absolute atomic E-state index is 0.366. The molecule has 1 aliphatic heterocycles. The molecule has 1 unspecified atom stereocenters. The van der Waals surface area contributed by atoms with Gasteiger partial charge in [0.05, 0.1) is 12.5 Å². The van der Waals surface area contributed by atoms with E-state index in [1.165, 1.54) is 35.6 Å². The summed E-state index contributed by atoms with van der Waals surface area (Å²) < 4.78 is 0. The van der Waals surface area contributed by atoms with Crippen LogP contribution in [-0.4, -0.2) is 46.8 Å². The molecule has 3 N–H and O–H groups in total. The quantitative estimate of drug-likeness (QED) is 0.589. The average molecular weight is 448 g/mol. The Balaban J connectivity index is 1.76. The number of rotatable bonds is 6. The van der Waals surface area contributed by atoms with Crippen molar-refractivity contribution in [3.8, 4) is 11.1 Å². The number of halogens is 1. The zero-order valence-electron chi connectivity index (χ0n) is 15.8. The minimum atomic E-state index is -1.35. The highest BCUT2D eigenvalue weighted by molar-refractivity contribution is 7.10. The molecule has 0 saturated carbocycles. The third-order valence-electron chi connectivity index (χ3n) is 4.42. The number of hydrogen-bond acceptors (Lipinski definition) is 5. The lowest BCUT2D eigenvalue weighted by Crippen LogP contribution is -2.55. The number of hydrogen-bond donors (Lipinski definition) is 3. The largest absolute Gasteiger partial charge is 0.481 e. The molecule has 2 atom stereocenters. The number of benzene rings is 1. The van der Waals surface area contributed by atoms with Crippen molar-refractivity contribution in [2.45, 2.75) is 18.5 Å². The molecule has 30 heavy (non-hydrogen) atoms. The maximum atomic E-state index is 12.4. The fourth-order valence-electron chi connectivity index (χ4n) is 2.90. The summed E-state index contributed by atoms with van der Waals surface area (Å²) in [5.74, 6) is -2.24. The predicted octanol–water partition coefficient (Wildman–Crippen LogP) is 2.81. The van der Waals surface area contributed by atoms with Crippen molar-refractivity contribution in [2.75, 3.05) is 7.05 Å². The Kier molecular flexibility index (Phi) is 6.53. The smallest absolute Gasteiger partial charge is 0.316 e. The van der Waals surface area contributed by atoms with Crippen LogP contribution in [-0.2, 0) is 14.4 Å². The second-order valence-electron chi connectivity index (χ2n) is 6.62. The Labute approximate surface area is 181 Å². The fraction of sp³-hybridized carbons (Fsp3) is 0.200. The zero-order chi connectivity index (χ0) is 21.8. The van der Waals surface area contributed by atoms with E-state index in [0.29, 0.717) is 9.90 Å². The summed E-state index contributed by atoms with van der Waals surface area (Å²) in [5.41, 5.74) is 1.69. The van der Waals surface area contributed by atoms with E-state index >= 15 is 0 Å². The molecule has 2 heterocycles. The Hall–Kier alpha value is -3.17. The highest BCUT2D eigenvalue weighted by Crippen LogP contribution is 2.31. The number of carbonyl (C=O) groups excluding carboxylic acids is 3. The van der Waals surface area contributed by atoms with Gasteiger partial charge in [-0.1, -0.05) is 23.7 Å².